The second-order valence-electron chi connectivity index (χ2n) is 5.39. The summed E-state index contributed by atoms with van der Waals surface area (Å²) >= 11 is 1.30. The second kappa shape index (κ2) is 6.19. The quantitative estimate of drug-likeness (QED) is 0.805. The summed E-state index contributed by atoms with van der Waals surface area (Å²) in [7, 11) is 0. The Balaban J connectivity index is 2.51. The van der Waals surface area contributed by atoms with E-state index >= 15 is 0 Å². The maximum Gasteiger partial charge on any atom is 0.317 e. The van der Waals surface area contributed by atoms with Crippen LogP contribution >= 0.6 is 11.3 Å². The second-order valence-corrected chi connectivity index (χ2v) is 6.41. The van der Waals surface area contributed by atoms with Crippen molar-refractivity contribution in [1.29, 1.82) is 0 Å². The Morgan fingerprint density at radius 1 is 1.14 bits per heavy atom. The molecule has 0 aliphatic carbocycles. The van der Waals surface area contributed by atoms with Gasteiger partial charge in [-0.25, -0.2) is 4.79 Å². The summed E-state index contributed by atoms with van der Waals surface area (Å²) in [5, 5.41) is 2.86. The van der Waals surface area contributed by atoms with Crippen molar-refractivity contribution in [2.24, 2.45) is 11.5 Å². The summed E-state index contributed by atoms with van der Waals surface area (Å²) in [5.74, 6) is -0.130. The SMILES string of the molecule is Cc1c(-c2ccc(C(C)C)cc2)sc(NC(N)=O)c1C(N)=O. The number of amides is 3. The van der Waals surface area contributed by atoms with Crippen LogP contribution < -0.4 is 16.8 Å². The Kier molecular flexibility index (Phi) is 4.51. The molecule has 1 aromatic carbocycles. The summed E-state index contributed by atoms with van der Waals surface area (Å²) < 4.78 is 0. The van der Waals surface area contributed by atoms with Crippen LogP contribution in [0.2, 0.25) is 0 Å². The highest BCUT2D eigenvalue weighted by atomic mass is 32.1. The molecule has 1 aromatic heterocycles. The standard InChI is InChI=1S/C16H19N3O2S/c1-8(2)10-4-6-11(7-5-10)13-9(3)12(14(17)20)15(22-13)19-16(18)21/h4-8H,1-3H3,(H2,17,20)(H3,18,19,21). The van der Waals surface area contributed by atoms with E-state index in [1.54, 1.807) is 0 Å². The van der Waals surface area contributed by atoms with Gasteiger partial charge < -0.3 is 11.5 Å². The van der Waals surface area contributed by atoms with Crippen molar-refractivity contribution < 1.29 is 9.59 Å². The molecule has 0 saturated carbocycles. The van der Waals surface area contributed by atoms with Crippen molar-refractivity contribution >= 4 is 28.3 Å². The lowest BCUT2D eigenvalue weighted by Crippen LogP contribution is -2.21. The Bertz CT molecular complexity index is 718. The van der Waals surface area contributed by atoms with Crippen LogP contribution in [0.4, 0.5) is 9.80 Å². The Hall–Kier alpha value is -2.34. The predicted octanol–water partition coefficient (Wildman–Crippen LogP) is 3.44. The minimum atomic E-state index is -0.717. The van der Waals surface area contributed by atoms with E-state index in [-0.39, 0.29) is 0 Å². The number of nitrogens with one attached hydrogen (secondary N) is 1. The maximum atomic E-state index is 11.6. The van der Waals surface area contributed by atoms with Crippen molar-refractivity contribution in [3.05, 3.63) is 41.0 Å². The molecule has 5 nitrogen and oxygen atoms in total. The van der Waals surface area contributed by atoms with E-state index in [1.165, 1.54) is 16.9 Å². The number of nitrogens with two attached hydrogens (primary N) is 2. The Labute approximate surface area is 133 Å². The van der Waals surface area contributed by atoms with Crippen LogP contribution in [0.1, 0.15) is 41.3 Å². The average Bonchev–Trinajstić information content (AvgIpc) is 2.74. The van der Waals surface area contributed by atoms with Gasteiger partial charge in [0.15, 0.2) is 0 Å². The highest BCUT2D eigenvalue weighted by molar-refractivity contribution is 7.20. The minimum Gasteiger partial charge on any atom is -0.365 e. The van der Waals surface area contributed by atoms with Crippen LogP contribution in [-0.2, 0) is 0 Å². The van der Waals surface area contributed by atoms with Gasteiger partial charge in [0, 0.05) is 4.88 Å². The lowest BCUT2D eigenvalue weighted by atomic mass is 10.00. The minimum absolute atomic E-state index is 0.312. The molecule has 3 amide bonds. The van der Waals surface area contributed by atoms with E-state index < -0.39 is 11.9 Å². The highest BCUT2D eigenvalue weighted by Crippen LogP contribution is 2.39. The van der Waals surface area contributed by atoms with Crippen molar-refractivity contribution in [2.45, 2.75) is 26.7 Å². The van der Waals surface area contributed by atoms with Crippen LogP contribution in [0.5, 0.6) is 0 Å². The average molecular weight is 317 g/mol. The molecule has 0 saturated heterocycles. The zero-order chi connectivity index (χ0) is 16.4. The van der Waals surface area contributed by atoms with Gasteiger partial charge in [-0.1, -0.05) is 38.1 Å². The van der Waals surface area contributed by atoms with Gasteiger partial charge in [-0.3, -0.25) is 10.1 Å². The summed E-state index contributed by atoms with van der Waals surface area (Å²) in [6.45, 7) is 6.07. The third-order valence-corrected chi connectivity index (χ3v) is 4.73. The molecule has 2 aromatic rings. The summed E-state index contributed by atoms with van der Waals surface area (Å²) in [5.41, 5.74) is 13.8. The fourth-order valence-electron chi connectivity index (χ4n) is 2.30. The fourth-order valence-corrected chi connectivity index (χ4v) is 3.53. The molecule has 22 heavy (non-hydrogen) atoms. The zero-order valence-corrected chi connectivity index (χ0v) is 13.6. The molecule has 0 bridgehead atoms. The van der Waals surface area contributed by atoms with Crippen LogP contribution in [0.15, 0.2) is 24.3 Å². The molecule has 2 rings (SSSR count). The molecule has 0 spiro atoms. The van der Waals surface area contributed by atoms with Gasteiger partial charge in [-0.15, -0.1) is 11.3 Å². The van der Waals surface area contributed by atoms with Crippen molar-refractivity contribution in [1.82, 2.24) is 0 Å². The molecule has 1 heterocycles. The monoisotopic (exact) mass is 317 g/mol. The molecule has 0 aliphatic rings. The number of hydrogen-bond acceptors (Lipinski definition) is 3. The van der Waals surface area contributed by atoms with Crippen LogP contribution in [0.25, 0.3) is 10.4 Å². The molecule has 0 radical (unpaired) electrons. The third-order valence-electron chi connectivity index (χ3n) is 3.47. The van der Waals surface area contributed by atoms with Crippen molar-refractivity contribution in [2.75, 3.05) is 5.32 Å². The topological polar surface area (TPSA) is 98.2 Å². The number of benzene rings is 1. The lowest BCUT2D eigenvalue weighted by molar-refractivity contribution is 0.100. The summed E-state index contributed by atoms with van der Waals surface area (Å²) in [4.78, 5) is 23.6. The molecule has 6 heteroatoms. The highest BCUT2D eigenvalue weighted by Gasteiger charge is 2.21. The van der Waals surface area contributed by atoms with Crippen LogP contribution in [0.3, 0.4) is 0 Å². The van der Waals surface area contributed by atoms with E-state index in [2.05, 4.69) is 31.3 Å². The van der Waals surface area contributed by atoms with Crippen LogP contribution in [0, 0.1) is 6.92 Å². The van der Waals surface area contributed by atoms with Gasteiger partial charge in [0.1, 0.15) is 5.00 Å². The zero-order valence-electron chi connectivity index (χ0n) is 12.8. The smallest absolute Gasteiger partial charge is 0.317 e. The van der Waals surface area contributed by atoms with E-state index in [0.717, 1.165) is 16.0 Å². The number of carbonyl (C=O) groups excluding carboxylic acids is 2. The molecule has 5 N–H and O–H groups in total. The Morgan fingerprint density at radius 2 is 1.73 bits per heavy atom. The van der Waals surface area contributed by atoms with Gasteiger partial charge in [-0.05, 0) is 29.5 Å². The van der Waals surface area contributed by atoms with Gasteiger partial charge in [0.25, 0.3) is 5.91 Å². The first-order valence-corrected chi connectivity index (χ1v) is 7.73. The molecular formula is C16H19N3O2S. The van der Waals surface area contributed by atoms with Crippen molar-refractivity contribution in [3.63, 3.8) is 0 Å². The molecule has 116 valence electrons. The molecule has 0 aliphatic heterocycles. The molecule has 0 unspecified atom stereocenters. The number of hydrogen-bond donors (Lipinski definition) is 3. The van der Waals surface area contributed by atoms with Gasteiger partial charge in [-0.2, -0.15) is 0 Å². The number of primary amides is 2. The van der Waals surface area contributed by atoms with Gasteiger partial charge >= 0.3 is 6.03 Å². The number of anilines is 1. The van der Waals surface area contributed by atoms with Gasteiger partial charge in [0.2, 0.25) is 0 Å². The summed E-state index contributed by atoms with van der Waals surface area (Å²) in [6, 6.07) is 7.42. The first-order valence-electron chi connectivity index (χ1n) is 6.91. The number of thiophene rings is 1. The molecule has 0 fully saturated rings. The normalized spacial score (nSPS) is 10.7. The predicted molar refractivity (Wildman–Crippen MR) is 90.3 cm³/mol. The first-order chi connectivity index (χ1) is 10.3. The number of rotatable bonds is 4. The van der Waals surface area contributed by atoms with E-state index in [1.807, 2.05) is 19.1 Å². The molecular weight excluding hydrogens is 298 g/mol. The maximum absolute atomic E-state index is 11.6. The molecule has 0 atom stereocenters. The van der Waals surface area contributed by atoms with Crippen LogP contribution in [-0.4, -0.2) is 11.9 Å². The fraction of sp³-hybridized carbons (Fsp3) is 0.250. The lowest BCUT2D eigenvalue weighted by Gasteiger charge is -2.06. The first kappa shape index (κ1) is 16.0. The van der Waals surface area contributed by atoms with Gasteiger partial charge in [0.05, 0.1) is 5.56 Å². The number of carbonyl (C=O) groups is 2. The van der Waals surface area contributed by atoms with E-state index in [9.17, 15) is 9.59 Å². The van der Waals surface area contributed by atoms with Crippen molar-refractivity contribution in [3.8, 4) is 10.4 Å². The van der Waals surface area contributed by atoms with E-state index in [0.29, 0.717) is 16.5 Å². The summed E-state index contributed by atoms with van der Waals surface area (Å²) in [6.07, 6.45) is 0. The van der Waals surface area contributed by atoms with E-state index in [4.69, 9.17) is 11.5 Å². The number of urea groups is 1. The third kappa shape index (κ3) is 3.12. The largest absolute Gasteiger partial charge is 0.365 e. The Morgan fingerprint density at radius 3 is 2.18 bits per heavy atom.